The first kappa shape index (κ1) is 14.1. The van der Waals surface area contributed by atoms with Gasteiger partial charge in [0.05, 0.1) is 0 Å². The predicted molar refractivity (Wildman–Crippen MR) is 61.0 cm³/mol. The van der Waals surface area contributed by atoms with Gasteiger partial charge in [0, 0.05) is 26.2 Å². The SMILES string of the molecule is COC(C#N)(Cc1ccc(C(N)=O)cc1F)OC. The van der Waals surface area contributed by atoms with Crippen molar-refractivity contribution in [1.29, 1.82) is 5.26 Å². The number of nitrogens with zero attached hydrogens (tertiary/aromatic N) is 1. The summed E-state index contributed by atoms with van der Waals surface area (Å²) in [6.07, 6.45) is -0.0959. The van der Waals surface area contributed by atoms with Gasteiger partial charge in [-0.15, -0.1) is 0 Å². The molecule has 0 spiro atoms. The number of amides is 1. The Kier molecular flexibility index (Phi) is 4.37. The Morgan fingerprint density at radius 3 is 2.50 bits per heavy atom. The zero-order chi connectivity index (χ0) is 13.8. The average Bonchev–Trinajstić information content (AvgIpc) is 2.38. The van der Waals surface area contributed by atoms with Crippen LogP contribution in [0, 0.1) is 17.1 Å². The molecule has 0 aliphatic heterocycles. The lowest BCUT2D eigenvalue weighted by atomic mass is 10.0. The summed E-state index contributed by atoms with van der Waals surface area (Å²) in [6.45, 7) is 0. The van der Waals surface area contributed by atoms with E-state index >= 15 is 0 Å². The number of ether oxygens (including phenoxy) is 2. The maximum absolute atomic E-state index is 13.7. The van der Waals surface area contributed by atoms with Gasteiger partial charge in [0.2, 0.25) is 5.91 Å². The highest BCUT2D eigenvalue weighted by Crippen LogP contribution is 2.20. The van der Waals surface area contributed by atoms with Crippen molar-refractivity contribution >= 4 is 5.91 Å². The van der Waals surface area contributed by atoms with Gasteiger partial charge in [-0.1, -0.05) is 6.07 Å². The van der Waals surface area contributed by atoms with E-state index in [9.17, 15) is 9.18 Å². The Balaban J connectivity index is 3.06. The molecular weight excluding hydrogens is 239 g/mol. The summed E-state index contributed by atoms with van der Waals surface area (Å²) < 4.78 is 23.6. The van der Waals surface area contributed by atoms with E-state index in [2.05, 4.69) is 0 Å². The van der Waals surface area contributed by atoms with Crippen LogP contribution in [0.15, 0.2) is 18.2 Å². The Labute approximate surface area is 104 Å². The summed E-state index contributed by atoms with van der Waals surface area (Å²) in [4.78, 5) is 10.9. The second-order valence-electron chi connectivity index (χ2n) is 3.62. The smallest absolute Gasteiger partial charge is 0.263 e. The normalized spacial score (nSPS) is 11.0. The Bertz CT molecular complexity index is 493. The summed E-state index contributed by atoms with van der Waals surface area (Å²) in [5.41, 5.74) is 5.29. The van der Waals surface area contributed by atoms with Crippen molar-refractivity contribution in [2.45, 2.75) is 12.2 Å². The molecule has 0 fully saturated rings. The van der Waals surface area contributed by atoms with Gasteiger partial charge >= 0.3 is 0 Å². The standard InChI is InChI=1S/C12H13FN2O3/c1-17-12(7-14,18-2)6-9-4-3-8(11(15)16)5-10(9)13/h3-5H,6H2,1-2H3,(H2,15,16). The molecule has 0 saturated carbocycles. The number of hydrogen-bond acceptors (Lipinski definition) is 4. The van der Waals surface area contributed by atoms with Gasteiger partial charge in [0.15, 0.2) is 0 Å². The quantitative estimate of drug-likeness (QED) is 0.791. The monoisotopic (exact) mass is 252 g/mol. The maximum Gasteiger partial charge on any atom is 0.263 e. The van der Waals surface area contributed by atoms with Crippen molar-refractivity contribution in [3.05, 3.63) is 35.1 Å². The number of rotatable bonds is 5. The van der Waals surface area contributed by atoms with Crippen LogP contribution < -0.4 is 5.73 Å². The summed E-state index contributed by atoms with van der Waals surface area (Å²) >= 11 is 0. The molecule has 0 heterocycles. The largest absolute Gasteiger partial charge is 0.366 e. The summed E-state index contributed by atoms with van der Waals surface area (Å²) in [7, 11) is 2.59. The fraction of sp³-hybridized carbons (Fsp3) is 0.333. The van der Waals surface area contributed by atoms with Gasteiger partial charge in [-0.3, -0.25) is 4.79 Å². The molecule has 1 amide bonds. The van der Waals surface area contributed by atoms with Crippen molar-refractivity contribution in [3.63, 3.8) is 0 Å². The van der Waals surface area contributed by atoms with Crippen molar-refractivity contribution in [3.8, 4) is 6.07 Å². The number of primary amides is 1. The lowest BCUT2D eigenvalue weighted by molar-refractivity contribution is -0.162. The number of carbonyl (C=O) groups is 1. The molecule has 1 aromatic rings. The molecule has 96 valence electrons. The Hall–Kier alpha value is -1.97. The van der Waals surface area contributed by atoms with Gasteiger partial charge in [0.25, 0.3) is 5.79 Å². The van der Waals surface area contributed by atoms with Gasteiger partial charge < -0.3 is 15.2 Å². The predicted octanol–water partition coefficient (Wildman–Crippen LogP) is 0.980. The molecule has 0 saturated heterocycles. The lowest BCUT2D eigenvalue weighted by Gasteiger charge is -2.23. The van der Waals surface area contributed by atoms with E-state index < -0.39 is 17.5 Å². The minimum atomic E-state index is -1.55. The van der Waals surface area contributed by atoms with Crippen LogP contribution in [0.2, 0.25) is 0 Å². The summed E-state index contributed by atoms with van der Waals surface area (Å²) in [5, 5.41) is 8.97. The molecular formula is C12H13FN2O3. The molecule has 0 radical (unpaired) electrons. The molecule has 0 aromatic heterocycles. The molecule has 0 unspecified atom stereocenters. The van der Waals surface area contributed by atoms with E-state index in [1.165, 1.54) is 26.4 Å². The van der Waals surface area contributed by atoms with Crippen LogP contribution in [0.1, 0.15) is 15.9 Å². The third-order valence-electron chi connectivity index (χ3n) is 2.59. The van der Waals surface area contributed by atoms with Crippen molar-refractivity contribution in [2.75, 3.05) is 14.2 Å². The van der Waals surface area contributed by atoms with Crippen molar-refractivity contribution in [1.82, 2.24) is 0 Å². The van der Waals surface area contributed by atoms with E-state index in [4.69, 9.17) is 20.5 Å². The van der Waals surface area contributed by atoms with Crippen molar-refractivity contribution in [2.24, 2.45) is 5.73 Å². The highest BCUT2D eigenvalue weighted by Gasteiger charge is 2.31. The van der Waals surface area contributed by atoms with Gasteiger partial charge in [0.1, 0.15) is 11.9 Å². The molecule has 2 N–H and O–H groups in total. The zero-order valence-corrected chi connectivity index (χ0v) is 10.1. The van der Waals surface area contributed by atoms with Crippen LogP contribution in [0.3, 0.4) is 0 Å². The molecule has 1 aromatic carbocycles. The fourth-order valence-electron chi connectivity index (χ4n) is 1.45. The molecule has 1 rings (SSSR count). The van der Waals surface area contributed by atoms with E-state index in [1.54, 1.807) is 0 Å². The van der Waals surface area contributed by atoms with Crippen LogP contribution in [-0.4, -0.2) is 25.9 Å². The highest BCUT2D eigenvalue weighted by molar-refractivity contribution is 5.92. The topological polar surface area (TPSA) is 85.3 Å². The number of nitriles is 1. The minimum Gasteiger partial charge on any atom is -0.366 e. The van der Waals surface area contributed by atoms with Crippen LogP contribution >= 0.6 is 0 Å². The molecule has 0 bridgehead atoms. The molecule has 0 atom stereocenters. The molecule has 6 heteroatoms. The number of hydrogen-bond donors (Lipinski definition) is 1. The first-order chi connectivity index (χ1) is 8.48. The Morgan fingerprint density at radius 1 is 1.50 bits per heavy atom. The van der Waals surface area contributed by atoms with Crippen LogP contribution in [0.25, 0.3) is 0 Å². The number of benzene rings is 1. The van der Waals surface area contributed by atoms with Crippen LogP contribution in [-0.2, 0) is 15.9 Å². The second kappa shape index (κ2) is 5.58. The summed E-state index contributed by atoms with van der Waals surface area (Å²) in [6, 6.07) is 5.60. The number of nitrogens with two attached hydrogens (primary N) is 1. The van der Waals surface area contributed by atoms with E-state index in [0.29, 0.717) is 0 Å². The molecule has 0 aliphatic rings. The van der Waals surface area contributed by atoms with Crippen molar-refractivity contribution < 1.29 is 18.7 Å². The third kappa shape index (κ3) is 2.83. The number of carbonyl (C=O) groups excluding carboxylic acids is 1. The van der Waals surface area contributed by atoms with Gasteiger partial charge in [-0.2, -0.15) is 5.26 Å². The van der Waals surface area contributed by atoms with Crippen LogP contribution in [0.4, 0.5) is 4.39 Å². The lowest BCUT2D eigenvalue weighted by Crippen LogP contribution is -2.34. The minimum absolute atomic E-state index is 0.0636. The van der Waals surface area contributed by atoms with Gasteiger partial charge in [-0.05, 0) is 17.7 Å². The Morgan fingerprint density at radius 2 is 2.11 bits per heavy atom. The first-order valence-corrected chi connectivity index (χ1v) is 5.08. The first-order valence-electron chi connectivity index (χ1n) is 5.08. The summed E-state index contributed by atoms with van der Waals surface area (Å²) in [5.74, 6) is -2.90. The average molecular weight is 252 g/mol. The zero-order valence-electron chi connectivity index (χ0n) is 10.1. The molecule has 0 aliphatic carbocycles. The molecule has 5 nitrogen and oxygen atoms in total. The molecule has 18 heavy (non-hydrogen) atoms. The highest BCUT2D eigenvalue weighted by atomic mass is 19.1. The second-order valence-corrected chi connectivity index (χ2v) is 3.62. The maximum atomic E-state index is 13.7. The van der Waals surface area contributed by atoms with E-state index in [1.807, 2.05) is 6.07 Å². The van der Waals surface area contributed by atoms with E-state index in [-0.39, 0.29) is 17.5 Å². The third-order valence-corrected chi connectivity index (χ3v) is 2.59. The number of methoxy groups -OCH3 is 2. The van der Waals surface area contributed by atoms with Gasteiger partial charge in [-0.25, -0.2) is 4.39 Å². The fourth-order valence-corrected chi connectivity index (χ4v) is 1.45. The number of halogens is 1. The van der Waals surface area contributed by atoms with E-state index in [0.717, 1.165) is 6.07 Å². The van der Waals surface area contributed by atoms with Crippen LogP contribution in [0.5, 0.6) is 0 Å².